The molecule has 4 rings (SSSR count). The fourth-order valence-electron chi connectivity index (χ4n) is 4.05. The Balaban J connectivity index is 1.56. The van der Waals surface area contributed by atoms with Gasteiger partial charge in [0, 0.05) is 22.7 Å². The third kappa shape index (κ3) is 4.71. The Morgan fingerprint density at radius 3 is 2.48 bits per heavy atom. The van der Waals surface area contributed by atoms with Gasteiger partial charge in [0.05, 0.1) is 26.9 Å². The van der Waals surface area contributed by atoms with Crippen LogP contribution in [0.4, 0.5) is 0 Å². The van der Waals surface area contributed by atoms with E-state index < -0.39 is 6.04 Å². The molecule has 0 aliphatic carbocycles. The average molecular weight is 445 g/mol. The van der Waals surface area contributed by atoms with Gasteiger partial charge in [0.15, 0.2) is 11.5 Å². The molecule has 1 amide bonds. The van der Waals surface area contributed by atoms with Gasteiger partial charge in [0.2, 0.25) is 0 Å². The summed E-state index contributed by atoms with van der Waals surface area (Å²) in [5.74, 6) is 1.06. The molecule has 0 spiro atoms. The predicted octanol–water partition coefficient (Wildman–Crippen LogP) is 4.49. The second-order valence-electron chi connectivity index (χ2n) is 8.02. The first-order chi connectivity index (χ1) is 16.0. The molecule has 0 unspecified atom stereocenters. The van der Waals surface area contributed by atoms with Crippen molar-refractivity contribution in [3.8, 4) is 22.6 Å². The topological polar surface area (TPSA) is 83.6 Å². The van der Waals surface area contributed by atoms with Crippen LogP contribution in [0, 0.1) is 6.92 Å². The zero-order valence-corrected chi connectivity index (χ0v) is 19.0. The van der Waals surface area contributed by atoms with Crippen molar-refractivity contribution < 1.29 is 19.4 Å². The molecule has 0 saturated carbocycles. The number of hydrogen-bond donors (Lipinski definition) is 3. The molecule has 4 aromatic rings. The molecule has 1 atom stereocenters. The Bertz CT molecular complexity index is 1280. The van der Waals surface area contributed by atoms with Gasteiger partial charge < -0.3 is 24.9 Å². The van der Waals surface area contributed by atoms with Gasteiger partial charge in [-0.15, -0.1) is 0 Å². The van der Waals surface area contributed by atoms with E-state index in [0.29, 0.717) is 23.5 Å². The van der Waals surface area contributed by atoms with E-state index in [1.54, 1.807) is 14.2 Å². The SMILES string of the molecule is COc1ccc(-c2ccc(C)c(C(=O)N[C@@H](CO)Cc3c[nH]c4ccccc34)c2)cc1OC. The number of rotatable bonds is 8. The minimum atomic E-state index is -0.402. The molecule has 1 aromatic heterocycles. The van der Waals surface area contributed by atoms with Crippen LogP contribution in [0.15, 0.2) is 66.9 Å². The van der Waals surface area contributed by atoms with E-state index in [9.17, 15) is 9.90 Å². The van der Waals surface area contributed by atoms with Crippen molar-refractivity contribution in [3.05, 3.63) is 83.6 Å². The molecule has 33 heavy (non-hydrogen) atoms. The second kappa shape index (κ2) is 9.79. The highest BCUT2D eigenvalue weighted by molar-refractivity contribution is 5.97. The number of aromatic nitrogens is 1. The first-order valence-electron chi connectivity index (χ1n) is 10.8. The fourth-order valence-corrected chi connectivity index (χ4v) is 4.05. The van der Waals surface area contributed by atoms with Crippen molar-refractivity contribution in [2.75, 3.05) is 20.8 Å². The molecule has 0 bridgehead atoms. The van der Waals surface area contributed by atoms with Gasteiger partial charge >= 0.3 is 0 Å². The van der Waals surface area contributed by atoms with Crippen LogP contribution in [-0.4, -0.2) is 42.9 Å². The zero-order valence-electron chi connectivity index (χ0n) is 19.0. The number of amides is 1. The largest absolute Gasteiger partial charge is 0.493 e. The van der Waals surface area contributed by atoms with E-state index >= 15 is 0 Å². The number of aromatic amines is 1. The van der Waals surface area contributed by atoms with Gasteiger partial charge in [-0.05, 0) is 59.9 Å². The highest BCUT2D eigenvalue weighted by atomic mass is 16.5. The first-order valence-corrected chi connectivity index (χ1v) is 10.8. The Hall–Kier alpha value is -3.77. The highest BCUT2D eigenvalue weighted by Gasteiger charge is 2.18. The van der Waals surface area contributed by atoms with Crippen LogP contribution in [0.25, 0.3) is 22.0 Å². The van der Waals surface area contributed by atoms with Crippen LogP contribution in [0.2, 0.25) is 0 Å². The van der Waals surface area contributed by atoms with Crippen LogP contribution >= 0.6 is 0 Å². The summed E-state index contributed by atoms with van der Waals surface area (Å²) in [6, 6.07) is 19.0. The van der Waals surface area contributed by atoms with E-state index in [1.807, 2.05) is 73.8 Å². The summed E-state index contributed by atoms with van der Waals surface area (Å²) in [6.07, 6.45) is 2.46. The molecule has 0 aliphatic rings. The van der Waals surface area contributed by atoms with Crippen molar-refractivity contribution >= 4 is 16.8 Å². The summed E-state index contributed by atoms with van der Waals surface area (Å²) in [4.78, 5) is 16.4. The van der Waals surface area contributed by atoms with Crippen molar-refractivity contribution in [3.63, 3.8) is 0 Å². The van der Waals surface area contributed by atoms with Gasteiger partial charge in [-0.2, -0.15) is 0 Å². The summed E-state index contributed by atoms with van der Waals surface area (Å²) >= 11 is 0. The van der Waals surface area contributed by atoms with E-state index in [2.05, 4.69) is 10.3 Å². The molecule has 0 fully saturated rings. The molecule has 0 radical (unpaired) electrons. The number of carbonyl (C=O) groups is 1. The number of carbonyl (C=O) groups excluding carboxylic acids is 1. The van der Waals surface area contributed by atoms with Crippen LogP contribution < -0.4 is 14.8 Å². The van der Waals surface area contributed by atoms with Crippen LogP contribution in [0.1, 0.15) is 21.5 Å². The number of nitrogens with one attached hydrogen (secondary N) is 2. The van der Waals surface area contributed by atoms with Gasteiger partial charge in [-0.1, -0.05) is 36.4 Å². The van der Waals surface area contributed by atoms with Gasteiger partial charge in [0.1, 0.15) is 0 Å². The van der Waals surface area contributed by atoms with Crippen molar-refractivity contribution in [2.24, 2.45) is 0 Å². The number of H-pyrrole nitrogens is 1. The summed E-state index contributed by atoms with van der Waals surface area (Å²) in [6.45, 7) is 1.75. The maximum absolute atomic E-state index is 13.2. The summed E-state index contributed by atoms with van der Waals surface area (Å²) in [7, 11) is 3.19. The Morgan fingerprint density at radius 1 is 1.00 bits per heavy atom. The number of aryl methyl sites for hydroxylation is 1. The quantitative estimate of drug-likeness (QED) is 0.374. The normalized spacial score (nSPS) is 11.9. The standard InChI is InChI=1S/C27H28N2O4/c1-17-8-9-18(19-10-11-25(32-2)26(14-19)33-3)13-23(17)27(31)29-21(16-30)12-20-15-28-24-7-5-4-6-22(20)24/h4-11,13-15,21,28,30H,12,16H2,1-3H3,(H,29,31)/t21-/m1/s1. The van der Waals surface area contributed by atoms with E-state index in [0.717, 1.165) is 33.2 Å². The number of aliphatic hydroxyl groups is 1. The smallest absolute Gasteiger partial charge is 0.251 e. The lowest BCUT2D eigenvalue weighted by Crippen LogP contribution is -2.39. The molecule has 0 aliphatic heterocycles. The Kier molecular flexibility index (Phi) is 6.66. The van der Waals surface area contributed by atoms with E-state index in [-0.39, 0.29) is 12.5 Å². The molecular formula is C27H28N2O4. The third-order valence-corrected chi connectivity index (χ3v) is 5.90. The van der Waals surface area contributed by atoms with Crippen LogP contribution in [0.3, 0.4) is 0 Å². The fraction of sp³-hybridized carbons (Fsp3) is 0.222. The van der Waals surface area contributed by atoms with Crippen molar-refractivity contribution in [2.45, 2.75) is 19.4 Å². The predicted molar refractivity (Wildman–Crippen MR) is 130 cm³/mol. The number of ether oxygens (including phenoxy) is 2. The van der Waals surface area contributed by atoms with Gasteiger partial charge in [-0.25, -0.2) is 0 Å². The van der Waals surface area contributed by atoms with Gasteiger partial charge in [0.25, 0.3) is 5.91 Å². The number of methoxy groups -OCH3 is 2. The molecule has 6 nitrogen and oxygen atoms in total. The lowest BCUT2D eigenvalue weighted by atomic mass is 9.98. The number of aliphatic hydroxyl groups excluding tert-OH is 1. The monoisotopic (exact) mass is 444 g/mol. The average Bonchev–Trinajstić information content (AvgIpc) is 3.26. The number of fused-ring (bicyclic) bond motifs is 1. The first kappa shape index (κ1) is 22.4. The maximum Gasteiger partial charge on any atom is 0.251 e. The summed E-state index contributed by atoms with van der Waals surface area (Å²) in [5.41, 5.74) is 5.33. The summed E-state index contributed by atoms with van der Waals surface area (Å²) in [5, 5.41) is 14.0. The highest BCUT2D eigenvalue weighted by Crippen LogP contribution is 2.33. The van der Waals surface area contributed by atoms with Crippen molar-refractivity contribution in [1.29, 1.82) is 0 Å². The van der Waals surface area contributed by atoms with E-state index in [4.69, 9.17) is 9.47 Å². The molecule has 6 heteroatoms. The number of hydrogen-bond acceptors (Lipinski definition) is 4. The third-order valence-electron chi connectivity index (χ3n) is 5.90. The van der Waals surface area contributed by atoms with Crippen molar-refractivity contribution in [1.82, 2.24) is 10.3 Å². The molecule has 170 valence electrons. The molecule has 3 N–H and O–H groups in total. The number of para-hydroxylation sites is 1. The number of benzene rings is 3. The lowest BCUT2D eigenvalue weighted by molar-refractivity contribution is 0.0916. The van der Waals surface area contributed by atoms with E-state index in [1.165, 1.54) is 0 Å². The summed E-state index contributed by atoms with van der Waals surface area (Å²) < 4.78 is 10.7. The zero-order chi connectivity index (χ0) is 23.4. The second-order valence-corrected chi connectivity index (χ2v) is 8.02. The maximum atomic E-state index is 13.2. The molecular weight excluding hydrogens is 416 g/mol. The van der Waals surface area contributed by atoms with Crippen LogP contribution in [0.5, 0.6) is 11.5 Å². The minimum absolute atomic E-state index is 0.153. The molecule has 0 saturated heterocycles. The lowest BCUT2D eigenvalue weighted by Gasteiger charge is -2.18. The minimum Gasteiger partial charge on any atom is -0.493 e. The Morgan fingerprint density at radius 2 is 1.73 bits per heavy atom. The molecule has 1 heterocycles. The Labute approximate surface area is 193 Å². The van der Waals surface area contributed by atoms with Crippen LogP contribution in [-0.2, 0) is 6.42 Å². The van der Waals surface area contributed by atoms with Gasteiger partial charge in [-0.3, -0.25) is 4.79 Å². The molecule has 3 aromatic carbocycles.